The Kier molecular flexibility index (Phi) is 6.48. The lowest BCUT2D eigenvalue weighted by Crippen LogP contribution is -2.50. The van der Waals surface area contributed by atoms with E-state index in [1.54, 1.807) is 35.7 Å². The number of aliphatic hydroxyl groups is 1. The van der Waals surface area contributed by atoms with E-state index < -0.39 is 30.2 Å². The quantitative estimate of drug-likeness (QED) is 0.509. The van der Waals surface area contributed by atoms with Gasteiger partial charge in [-0.05, 0) is 29.1 Å². The molecule has 0 aliphatic rings. The smallest absolute Gasteiger partial charge is 0.293 e. The van der Waals surface area contributed by atoms with Crippen molar-refractivity contribution in [3.05, 3.63) is 57.2 Å². The Balaban J connectivity index is 1.90. The number of amides is 2. The number of Topliss-reactive ketones (excluding diaryl/α,β-unsaturated/α-hetero) is 1. The number of rotatable bonds is 7. The Morgan fingerprint density at radius 2 is 1.88 bits per heavy atom. The molecule has 1 heterocycles. The number of benzene rings is 1. The van der Waals surface area contributed by atoms with Crippen molar-refractivity contribution in [2.75, 3.05) is 6.61 Å². The first-order valence-electron chi connectivity index (χ1n) is 7.03. The molecule has 1 aromatic heterocycles. The third kappa shape index (κ3) is 4.89. The van der Waals surface area contributed by atoms with Crippen molar-refractivity contribution in [1.82, 2.24) is 10.6 Å². The van der Waals surface area contributed by atoms with Crippen LogP contribution < -0.4 is 10.6 Å². The lowest BCUT2D eigenvalue weighted by molar-refractivity contribution is -0.128. The van der Waals surface area contributed by atoms with Crippen molar-refractivity contribution < 1.29 is 19.5 Å². The molecule has 0 spiro atoms. The molecule has 2 aromatic rings. The second kappa shape index (κ2) is 8.58. The molecule has 24 heavy (non-hydrogen) atoms. The van der Waals surface area contributed by atoms with E-state index in [9.17, 15) is 19.5 Å². The highest BCUT2D eigenvalue weighted by molar-refractivity contribution is 7.13. The van der Waals surface area contributed by atoms with Crippen LogP contribution in [-0.4, -0.2) is 35.4 Å². The first-order chi connectivity index (χ1) is 11.5. The summed E-state index contributed by atoms with van der Waals surface area (Å²) < 4.78 is 0. The molecule has 0 aliphatic heterocycles. The molecule has 126 valence electrons. The average molecular weight is 367 g/mol. The summed E-state index contributed by atoms with van der Waals surface area (Å²) in [6, 6.07) is 8.83. The second-order valence-corrected chi connectivity index (χ2v) is 6.24. The van der Waals surface area contributed by atoms with Crippen molar-refractivity contribution in [3.63, 3.8) is 0 Å². The van der Waals surface area contributed by atoms with E-state index in [-0.39, 0.29) is 11.4 Å². The number of hydrogen-bond acceptors (Lipinski definition) is 5. The van der Waals surface area contributed by atoms with Gasteiger partial charge in [-0.2, -0.15) is 0 Å². The molecule has 2 amide bonds. The van der Waals surface area contributed by atoms with Crippen LogP contribution in [0.5, 0.6) is 0 Å². The fourth-order valence-electron chi connectivity index (χ4n) is 1.85. The van der Waals surface area contributed by atoms with E-state index >= 15 is 0 Å². The predicted molar refractivity (Wildman–Crippen MR) is 91.0 cm³/mol. The highest BCUT2D eigenvalue weighted by Gasteiger charge is 2.24. The highest BCUT2D eigenvalue weighted by Crippen LogP contribution is 2.10. The molecule has 8 heteroatoms. The molecule has 1 atom stereocenters. The minimum atomic E-state index is -1.20. The van der Waals surface area contributed by atoms with Gasteiger partial charge in [-0.3, -0.25) is 14.4 Å². The van der Waals surface area contributed by atoms with Gasteiger partial charge >= 0.3 is 0 Å². The highest BCUT2D eigenvalue weighted by atomic mass is 35.5. The number of carbonyl (C=O) groups is 3. The lowest BCUT2D eigenvalue weighted by atomic mass is 10.2. The van der Waals surface area contributed by atoms with Crippen molar-refractivity contribution in [2.24, 2.45) is 0 Å². The topological polar surface area (TPSA) is 95.5 Å². The number of halogens is 1. The normalized spacial score (nSPS) is 11.6. The van der Waals surface area contributed by atoms with Crippen LogP contribution >= 0.6 is 22.9 Å². The van der Waals surface area contributed by atoms with E-state index in [1.807, 2.05) is 0 Å². The Morgan fingerprint density at radius 1 is 1.17 bits per heavy atom. The Hall–Kier alpha value is -2.22. The van der Waals surface area contributed by atoms with Crippen LogP contribution in [0.25, 0.3) is 0 Å². The molecule has 3 N–H and O–H groups in total. The number of ketones is 1. The van der Waals surface area contributed by atoms with Crippen LogP contribution in [0, 0.1) is 0 Å². The molecule has 0 fully saturated rings. The van der Waals surface area contributed by atoms with Gasteiger partial charge in [0, 0.05) is 11.6 Å². The number of nitrogens with one attached hydrogen (secondary N) is 2. The molecule has 0 saturated heterocycles. The van der Waals surface area contributed by atoms with Crippen LogP contribution in [0.2, 0.25) is 5.02 Å². The molecule has 0 saturated carbocycles. The lowest BCUT2D eigenvalue weighted by Gasteiger charge is -2.15. The first kappa shape index (κ1) is 18.1. The Morgan fingerprint density at radius 3 is 2.46 bits per heavy atom. The van der Waals surface area contributed by atoms with Crippen LogP contribution in [-0.2, 0) is 16.1 Å². The Labute approximate surface area is 147 Å². The minimum Gasteiger partial charge on any atom is -0.394 e. The van der Waals surface area contributed by atoms with Gasteiger partial charge in [0.2, 0.25) is 5.91 Å². The summed E-state index contributed by atoms with van der Waals surface area (Å²) in [5, 5.41) is 16.4. The zero-order valence-corrected chi connectivity index (χ0v) is 14.1. The van der Waals surface area contributed by atoms with Gasteiger partial charge in [-0.15, -0.1) is 11.3 Å². The van der Waals surface area contributed by atoms with Crippen LogP contribution in [0.3, 0.4) is 0 Å². The fraction of sp³-hybridized carbons (Fsp3) is 0.188. The largest absolute Gasteiger partial charge is 0.394 e. The summed E-state index contributed by atoms with van der Waals surface area (Å²) >= 11 is 6.90. The van der Waals surface area contributed by atoms with Crippen molar-refractivity contribution in [2.45, 2.75) is 12.6 Å². The SMILES string of the molecule is O=C(N[C@@H](CO)C(=O)NCc1ccc(Cl)cc1)C(=O)c1cccs1. The summed E-state index contributed by atoms with van der Waals surface area (Å²) in [4.78, 5) is 36.0. The summed E-state index contributed by atoms with van der Waals surface area (Å²) in [7, 11) is 0. The van der Waals surface area contributed by atoms with Crippen LogP contribution in [0.4, 0.5) is 0 Å². The third-order valence-corrected chi connectivity index (χ3v) is 4.26. The molecule has 1 aromatic carbocycles. The molecule has 0 bridgehead atoms. The molecular weight excluding hydrogens is 352 g/mol. The maximum absolute atomic E-state index is 12.0. The average Bonchev–Trinajstić information content (AvgIpc) is 3.12. The number of hydrogen-bond donors (Lipinski definition) is 3. The molecule has 6 nitrogen and oxygen atoms in total. The van der Waals surface area contributed by atoms with E-state index in [0.29, 0.717) is 5.02 Å². The molecular formula is C16H15ClN2O4S. The van der Waals surface area contributed by atoms with E-state index in [2.05, 4.69) is 10.6 Å². The van der Waals surface area contributed by atoms with Gasteiger partial charge in [-0.25, -0.2) is 0 Å². The zero-order valence-electron chi connectivity index (χ0n) is 12.5. The van der Waals surface area contributed by atoms with Gasteiger partial charge in [0.05, 0.1) is 11.5 Å². The van der Waals surface area contributed by atoms with Crippen molar-refractivity contribution in [3.8, 4) is 0 Å². The standard InChI is InChI=1S/C16H15ClN2O4S/c17-11-5-3-10(4-6-11)8-18-15(22)12(9-20)19-16(23)14(21)13-2-1-7-24-13/h1-7,12,20H,8-9H2,(H,18,22)(H,19,23)/t12-/m0/s1. The van der Waals surface area contributed by atoms with Crippen molar-refractivity contribution >= 4 is 40.5 Å². The van der Waals surface area contributed by atoms with Crippen molar-refractivity contribution in [1.29, 1.82) is 0 Å². The number of thiophene rings is 1. The molecule has 0 radical (unpaired) electrons. The summed E-state index contributed by atoms with van der Waals surface area (Å²) in [5.41, 5.74) is 0.811. The van der Waals surface area contributed by atoms with E-state index in [0.717, 1.165) is 16.9 Å². The maximum Gasteiger partial charge on any atom is 0.293 e. The van der Waals surface area contributed by atoms with Gasteiger partial charge in [-0.1, -0.05) is 29.8 Å². The number of carbonyl (C=O) groups excluding carboxylic acids is 3. The summed E-state index contributed by atoms with van der Waals surface area (Å²) in [6.07, 6.45) is 0. The van der Waals surface area contributed by atoms with Crippen LogP contribution in [0.15, 0.2) is 41.8 Å². The third-order valence-electron chi connectivity index (χ3n) is 3.14. The van der Waals surface area contributed by atoms with Crippen LogP contribution in [0.1, 0.15) is 15.2 Å². The van der Waals surface area contributed by atoms with Gasteiger partial charge in [0.1, 0.15) is 6.04 Å². The molecule has 0 aliphatic carbocycles. The number of aliphatic hydroxyl groups excluding tert-OH is 1. The van der Waals surface area contributed by atoms with E-state index in [4.69, 9.17) is 11.6 Å². The summed E-state index contributed by atoms with van der Waals surface area (Å²) in [6.45, 7) is -0.406. The van der Waals surface area contributed by atoms with Gasteiger partial charge < -0.3 is 15.7 Å². The fourth-order valence-corrected chi connectivity index (χ4v) is 2.64. The van der Waals surface area contributed by atoms with Gasteiger partial charge in [0.25, 0.3) is 11.7 Å². The minimum absolute atomic E-state index is 0.210. The first-order valence-corrected chi connectivity index (χ1v) is 8.28. The maximum atomic E-state index is 12.0. The molecule has 2 rings (SSSR count). The summed E-state index contributed by atoms with van der Waals surface area (Å²) in [5.74, 6) is -2.26. The second-order valence-electron chi connectivity index (χ2n) is 4.86. The zero-order chi connectivity index (χ0) is 17.5. The predicted octanol–water partition coefficient (Wildman–Crippen LogP) is 1.38. The Bertz CT molecular complexity index is 716. The van der Waals surface area contributed by atoms with E-state index in [1.165, 1.54) is 6.07 Å². The van der Waals surface area contributed by atoms with Gasteiger partial charge in [0.15, 0.2) is 0 Å². The monoisotopic (exact) mass is 366 g/mol. The molecule has 0 unspecified atom stereocenters.